The van der Waals surface area contributed by atoms with Crippen LogP contribution in [0.2, 0.25) is 5.02 Å². The first-order valence-electron chi connectivity index (χ1n) is 7.74. The van der Waals surface area contributed by atoms with Gasteiger partial charge < -0.3 is 4.90 Å². The topological polar surface area (TPSA) is 26.8 Å². The van der Waals surface area contributed by atoms with Crippen LogP contribution in [0, 0.1) is 6.92 Å². The second-order valence-electron chi connectivity index (χ2n) is 5.66. The van der Waals surface area contributed by atoms with Crippen LogP contribution in [0.5, 0.6) is 0 Å². The lowest BCUT2D eigenvalue weighted by atomic mass is 10.2. The molecular formula is C18H20ClN3O. The Bertz CT molecular complexity index is 669. The number of nitrogens with zero attached hydrogens (tertiary/aromatic N) is 3. The Hall–Kier alpha value is -2.04. The number of hydrazine groups is 1. The van der Waals surface area contributed by atoms with Crippen molar-refractivity contribution >= 4 is 29.4 Å². The molecule has 0 aliphatic carbocycles. The van der Waals surface area contributed by atoms with E-state index in [1.165, 1.54) is 5.69 Å². The van der Waals surface area contributed by atoms with Crippen molar-refractivity contribution in [3.63, 3.8) is 0 Å². The fourth-order valence-electron chi connectivity index (χ4n) is 2.82. The second kappa shape index (κ2) is 7.02. The number of para-hydroxylation sites is 1. The minimum Gasteiger partial charge on any atom is -0.369 e. The van der Waals surface area contributed by atoms with Gasteiger partial charge in [-0.3, -0.25) is 4.79 Å². The van der Waals surface area contributed by atoms with Gasteiger partial charge in [0, 0.05) is 36.9 Å². The molecule has 1 aliphatic rings. The maximum absolute atomic E-state index is 11.6. The summed E-state index contributed by atoms with van der Waals surface area (Å²) < 4.78 is 0. The molecule has 0 N–H and O–H groups in total. The van der Waals surface area contributed by atoms with E-state index >= 15 is 0 Å². The summed E-state index contributed by atoms with van der Waals surface area (Å²) >= 11 is 6.19. The van der Waals surface area contributed by atoms with E-state index < -0.39 is 0 Å². The molecule has 0 unspecified atom stereocenters. The highest BCUT2D eigenvalue weighted by atomic mass is 35.5. The standard InChI is InChI=1S/C18H20ClN3O/c1-15-7-8-17(13-18(15)19)22(14-23)21-11-9-20(10-12-21)16-5-3-2-4-6-16/h2-8,13-14H,9-12H2,1H3. The van der Waals surface area contributed by atoms with Crippen molar-refractivity contribution in [2.45, 2.75) is 6.92 Å². The molecule has 0 bridgehead atoms. The van der Waals surface area contributed by atoms with Crippen LogP contribution >= 0.6 is 11.6 Å². The minimum atomic E-state index is 0.678. The summed E-state index contributed by atoms with van der Waals surface area (Å²) in [6, 6.07) is 16.1. The number of rotatable bonds is 4. The van der Waals surface area contributed by atoms with E-state index in [0.29, 0.717) is 5.02 Å². The Morgan fingerprint density at radius 1 is 1.04 bits per heavy atom. The molecule has 0 saturated carbocycles. The number of halogens is 1. The highest BCUT2D eigenvalue weighted by Gasteiger charge is 2.22. The number of carbonyl (C=O) groups excluding carboxylic acids is 1. The maximum atomic E-state index is 11.6. The fraction of sp³-hybridized carbons (Fsp3) is 0.278. The molecule has 2 aromatic carbocycles. The van der Waals surface area contributed by atoms with Crippen LogP contribution in [0.3, 0.4) is 0 Å². The Morgan fingerprint density at radius 2 is 1.74 bits per heavy atom. The number of benzene rings is 2. The summed E-state index contributed by atoms with van der Waals surface area (Å²) in [5.41, 5.74) is 3.04. The lowest BCUT2D eigenvalue weighted by Gasteiger charge is -2.40. The third kappa shape index (κ3) is 3.49. The summed E-state index contributed by atoms with van der Waals surface area (Å²) in [6.45, 7) is 5.30. The molecule has 0 spiro atoms. The van der Waals surface area contributed by atoms with Gasteiger partial charge in [0.1, 0.15) is 0 Å². The number of amides is 1. The molecule has 1 amide bonds. The zero-order valence-electron chi connectivity index (χ0n) is 13.2. The van der Waals surface area contributed by atoms with Gasteiger partial charge in [-0.2, -0.15) is 0 Å². The molecule has 0 aromatic heterocycles. The smallest absolute Gasteiger partial charge is 0.228 e. The monoisotopic (exact) mass is 329 g/mol. The third-order valence-corrected chi connectivity index (χ3v) is 4.61. The average Bonchev–Trinajstić information content (AvgIpc) is 2.60. The summed E-state index contributed by atoms with van der Waals surface area (Å²) in [7, 11) is 0. The first kappa shape index (κ1) is 15.8. The van der Waals surface area contributed by atoms with Crippen molar-refractivity contribution in [3.8, 4) is 0 Å². The first-order valence-corrected chi connectivity index (χ1v) is 8.12. The molecule has 5 heteroatoms. The van der Waals surface area contributed by atoms with Crippen molar-refractivity contribution in [3.05, 3.63) is 59.1 Å². The molecule has 4 nitrogen and oxygen atoms in total. The molecule has 3 rings (SSSR count). The van der Waals surface area contributed by atoms with Crippen molar-refractivity contribution in [2.24, 2.45) is 0 Å². The average molecular weight is 330 g/mol. The van der Waals surface area contributed by atoms with Crippen molar-refractivity contribution in [2.75, 3.05) is 36.1 Å². The Morgan fingerprint density at radius 3 is 2.35 bits per heavy atom. The number of hydrogen-bond acceptors (Lipinski definition) is 3. The largest absolute Gasteiger partial charge is 0.369 e. The molecule has 1 fully saturated rings. The van der Waals surface area contributed by atoms with Crippen molar-refractivity contribution < 1.29 is 4.79 Å². The lowest BCUT2D eigenvalue weighted by molar-refractivity contribution is -0.110. The van der Waals surface area contributed by atoms with E-state index in [-0.39, 0.29) is 0 Å². The van der Waals surface area contributed by atoms with E-state index in [2.05, 4.69) is 22.0 Å². The Kier molecular flexibility index (Phi) is 4.84. The Balaban J connectivity index is 1.70. The van der Waals surface area contributed by atoms with Crippen LogP contribution in [-0.4, -0.2) is 37.6 Å². The quantitative estimate of drug-likeness (QED) is 0.805. The van der Waals surface area contributed by atoms with Crippen LogP contribution < -0.4 is 9.91 Å². The van der Waals surface area contributed by atoms with Gasteiger partial charge in [0.15, 0.2) is 0 Å². The van der Waals surface area contributed by atoms with Gasteiger partial charge in [-0.15, -0.1) is 0 Å². The number of aryl methyl sites for hydroxylation is 1. The maximum Gasteiger partial charge on any atom is 0.228 e. The van der Waals surface area contributed by atoms with Gasteiger partial charge in [-0.1, -0.05) is 35.9 Å². The number of anilines is 2. The second-order valence-corrected chi connectivity index (χ2v) is 6.07. The van der Waals surface area contributed by atoms with E-state index in [1.54, 1.807) is 5.01 Å². The van der Waals surface area contributed by atoms with Crippen LogP contribution in [0.15, 0.2) is 48.5 Å². The van der Waals surface area contributed by atoms with E-state index in [9.17, 15) is 4.79 Å². The molecule has 0 atom stereocenters. The third-order valence-electron chi connectivity index (χ3n) is 4.20. The highest BCUT2D eigenvalue weighted by molar-refractivity contribution is 6.31. The minimum absolute atomic E-state index is 0.678. The van der Waals surface area contributed by atoms with Gasteiger partial charge in [0.25, 0.3) is 0 Å². The van der Waals surface area contributed by atoms with Gasteiger partial charge in [0.05, 0.1) is 5.69 Å². The zero-order valence-corrected chi connectivity index (χ0v) is 13.9. The summed E-state index contributed by atoms with van der Waals surface area (Å²) in [6.07, 6.45) is 0.860. The molecule has 1 saturated heterocycles. The number of carbonyl (C=O) groups is 1. The lowest BCUT2D eigenvalue weighted by Crippen LogP contribution is -2.53. The van der Waals surface area contributed by atoms with Crippen molar-refractivity contribution in [1.29, 1.82) is 0 Å². The van der Waals surface area contributed by atoms with Crippen LogP contribution in [0.4, 0.5) is 11.4 Å². The van der Waals surface area contributed by atoms with E-state index in [4.69, 9.17) is 11.6 Å². The number of piperazine rings is 1. The van der Waals surface area contributed by atoms with Crippen molar-refractivity contribution in [1.82, 2.24) is 5.01 Å². The highest BCUT2D eigenvalue weighted by Crippen LogP contribution is 2.24. The normalized spacial score (nSPS) is 15.5. The first-order chi connectivity index (χ1) is 11.2. The summed E-state index contributed by atoms with van der Waals surface area (Å²) in [4.78, 5) is 13.9. The SMILES string of the molecule is Cc1ccc(N(C=O)N2CCN(c3ccccc3)CC2)cc1Cl. The van der Waals surface area contributed by atoms with Gasteiger partial charge in [0.2, 0.25) is 6.41 Å². The summed E-state index contributed by atoms with van der Waals surface area (Å²) in [5, 5.41) is 4.40. The zero-order chi connectivity index (χ0) is 16.2. The summed E-state index contributed by atoms with van der Waals surface area (Å²) in [5.74, 6) is 0. The molecule has 1 heterocycles. The van der Waals surface area contributed by atoms with E-state index in [0.717, 1.165) is 43.8 Å². The molecule has 2 aromatic rings. The molecule has 23 heavy (non-hydrogen) atoms. The fourth-order valence-corrected chi connectivity index (χ4v) is 3.00. The Labute approximate surface area is 141 Å². The molecule has 0 radical (unpaired) electrons. The van der Waals surface area contributed by atoms with Gasteiger partial charge in [-0.25, -0.2) is 10.0 Å². The molecular weight excluding hydrogens is 310 g/mol. The predicted octanol–water partition coefficient (Wildman–Crippen LogP) is 3.35. The van der Waals surface area contributed by atoms with E-state index in [1.807, 2.05) is 43.3 Å². The van der Waals surface area contributed by atoms with Crippen LogP contribution in [-0.2, 0) is 4.79 Å². The van der Waals surface area contributed by atoms with Gasteiger partial charge in [-0.05, 0) is 36.8 Å². The molecule has 1 aliphatic heterocycles. The number of hydrogen-bond donors (Lipinski definition) is 0. The van der Waals surface area contributed by atoms with Crippen LogP contribution in [0.25, 0.3) is 0 Å². The van der Waals surface area contributed by atoms with Gasteiger partial charge >= 0.3 is 0 Å². The van der Waals surface area contributed by atoms with Crippen LogP contribution in [0.1, 0.15) is 5.56 Å². The predicted molar refractivity (Wildman–Crippen MR) is 95.0 cm³/mol. The molecule has 120 valence electrons.